The van der Waals surface area contributed by atoms with E-state index in [1.165, 1.54) is 39.0 Å². The van der Waals surface area contributed by atoms with Crippen molar-refractivity contribution in [2.45, 2.75) is 61.0 Å². The summed E-state index contributed by atoms with van der Waals surface area (Å²) in [6.45, 7) is 15.5. The van der Waals surface area contributed by atoms with E-state index in [0.29, 0.717) is 18.0 Å². The molecule has 0 aliphatic carbocycles. The topological polar surface area (TPSA) is 18.5 Å². The summed E-state index contributed by atoms with van der Waals surface area (Å²) >= 11 is 4.74. The zero-order chi connectivity index (χ0) is 20.1. The van der Waals surface area contributed by atoms with Crippen molar-refractivity contribution < 1.29 is 18.7 Å². The molecule has 2 unspecified atom stereocenters. The van der Waals surface area contributed by atoms with Crippen molar-refractivity contribution >= 4 is 57.4 Å². The van der Waals surface area contributed by atoms with Gasteiger partial charge in [0.2, 0.25) is 0 Å². The van der Waals surface area contributed by atoms with Crippen LogP contribution < -0.4 is 0 Å². The van der Waals surface area contributed by atoms with Gasteiger partial charge in [0.15, 0.2) is 0 Å². The van der Waals surface area contributed by atoms with Crippen molar-refractivity contribution in [1.82, 2.24) is 0 Å². The first-order valence-corrected chi connectivity index (χ1v) is 20.3. The van der Waals surface area contributed by atoms with E-state index in [-0.39, 0.29) is 0 Å². The van der Waals surface area contributed by atoms with Gasteiger partial charge in [-0.1, -0.05) is 20.6 Å². The third-order valence-corrected chi connectivity index (χ3v) is 5.69. The van der Waals surface area contributed by atoms with Crippen molar-refractivity contribution in [2.75, 3.05) is 13.2 Å². The summed E-state index contributed by atoms with van der Waals surface area (Å²) in [6.07, 6.45) is 4.30. The molecule has 1 rings (SSSR count). The summed E-state index contributed by atoms with van der Waals surface area (Å²) in [4.78, 5) is 0. The molecule has 1 aromatic rings. The quantitative estimate of drug-likeness (QED) is 0.118. The fourth-order valence-corrected chi connectivity index (χ4v) is 3.22. The third kappa shape index (κ3) is 10.5. The van der Waals surface area contributed by atoms with Gasteiger partial charge in [0, 0.05) is 15.1 Å². The van der Waals surface area contributed by atoms with E-state index in [9.17, 15) is 0 Å². The molecule has 0 amide bonds. The van der Waals surface area contributed by atoms with Crippen molar-refractivity contribution in [2.24, 2.45) is 0 Å². The molecule has 2 nitrogen and oxygen atoms in total. The van der Waals surface area contributed by atoms with Gasteiger partial charge in [0.05, 0.1) is 13.2 Å². The molecule has 0 aliphatic rings. The van der Waals surface area contributed by atoms with Crippen LogP contribution in [0.4, 0.5) is 0 Å². The SMILES string of the molecule is C/C(=C\COPP)CCCOCc1c(C)c(C)c(C)c(C)c1C.[I][V][I]. The van der Waals surface area contributed by atoms with E-state index in [2.05, 4.69) is 96.5 Å². The van der Waals surface area contributed by atoms with Crippen LogP contribution in [-0.2, 0) is 25.3 Å². The van der Waals surface area contributed by atoms with Crippen LogP contribution in [-0.4, -0.2) is 13.2 Å². The second kappa shape index (κ2) is 16.6. The molecule has 0 saturated heterocycles. The third-order valence-electron chi connectivity index (χ3n) is 4.86. The Kier molecular flexibility index (Phi) is 17.7. The van der Waals surface area contributed by atoms with Gasteiger partial charge >= 0.3 is 49.4 Å². The molecular weight excluding hydrogens is 627 g/mol. The number of hydrogen-bond acceptors (Lipinski definition) is 2. The van der Waals surface area contributed by atoms with Crippen LogP contribution in [0.25, 0.3) is 0 Å². The van der Waals surface area contributed by atoms with Crippen LogP contribution in [0.1, 0.15) is 53.1 Å². The summed E-state index contributed by atoms with van der Waals surface area (Å²) in [7, 11) is 3.71. The normalized spacial score (nSPS) is 11.7. The Labute approximate surface area is 193 Å². The Morgan fingerprint density at radius 2 is 1.54 bits per heavy atom. The van der Waals surface area contributed by atoms with E-state index in [1.807, 2.05) is 0 Å². The average Bonchev–Trinajstić information content (AvgIpc) is 2.61. The number of hydrogen-bond donors (Lipinski definition) is 0. The summed E-state index contributed by atoms with van der Waals surface area (Å²) < 4.78 is 11.3. The molecule has 26 heavy (non-hydrogen) atoms. The number of allylic oxidation sites excluding steroid dienone is 1. The van der Waals surface area contributed by atoms with Gasteiger partial charge < -0.3 is 9.26 Å². The Morgan fingerprint density at radius 1 is 1.04 bits per heavy atom. The first kappa shape index (κ1) is 27.8. The van der Waals surface area contributed by atoms with Crippen LogP contribution in [0.5, 0.6) is 0 Å². The molecule has 0 spiro atoms. The molecule has 0 fully saturated rings. The van der Waals surface area contributed by atoms with Gasteiger partial charge in [-0.05, 0) is 87.8 Å². The minimum absolute atomic E-state index is 0.485. The maximum absolute atomic E-state index is 5.95. The van der Waals surface area contributed by atoms with Crippen LogP contribution in [0, 0.1) is 34.6 Å². The molecule has 0 aromatic heterocycles. The summed E-state index contributed by atoms with van der Waals surface area (Å²) in [5.74, 6) is 0. The number of ether oxygens (including phenoxy) is 1. The standard InChI is InChI=1S/C19H32O2P2.2HI.V/c1-13(9-11-21-23-22)8-7-10-20-12-19-17(5)15(3)14(2)16(4)18(19)6;;;/h9,23H,7-8,10-12,22H2,1-6H3;2*1H;/q;;;+2/p-2/b13-9+;;;. The number of rotatable bonds is 9. The van der Waals surface area contributed by atoms with Crippen molar-refractivity contribution in [3.8, 4) is 0 Å². The van der Waals surface area contributed by atoms with Crippen molar-refractivity contribution in [1.29, 1.82) is 0 Å². The molecule has 7 heteroatoms. The second-order valence-electron chi connectivity index (χ2n) is 6.30. The predicted octanol–water partition coefficient (Wildman–Crippen LogP) is 7.64. The summed E-state index contributed by atoms with van der Waals surface area (Å²) in [6, 6.07) is 0. The number of benzene rings is 1. The van der Waals surface area contributed by atoms with E-state index in [4.69, 9.17) is 9.26 Å². The van der Waals surface area contributed by atoms with Crippen LogP contribution in [0.3, 0.4) is 0 Å². The van der Waals surface area contributed by atoms with Crippen molar-refractivity contribution in [3.63, 3.8) is 0 Å². The van der Waals surface area contributed by atoms with Gasteiger partial charge in [-0.2, -0.15) is 0 Å². The second-order valence-corrected chi connectivity index (χ2v) is 19.3. The molecule has 0 saturated carbocycles. The summed E-state index contributed by atoms with van der Waals surface area (Å²) in [5.41, 5.74) is 9.74. The zero-order valence-electron chi connectivity index (χ0n) is 16.7. The molecule has 1 aromatic carbocycles. The monoisotopic (exact) mass is 659 g/mol. The Hall–Kier alpha value is 1.78. The molecule has 0 bridgehead atoms. The van der Waals surface area contributed by atoms with Crippen molar-refractivity contribution in [3.05, 3.63) is 45.0 Å². The Balaban J connectivity index is 0.00000194. The van der Waals surface area contributed by atoms with Gasteiger partial charge in [-0.15, -0.1) is 0 Å². The van der Waals surface area contributed by atoms with Gasteiger partial charge in [0.1, 0.15) is 0 Å². The van der Waals surface area contributed by atoms with Gasteiger partial charge in [-0.25, -0.2) is 0 Å². The zero-order valence-corrected chi connectivity index (χ0v) is 24.6. The molecule has 0 heterocycles. The first-order chi connectivity index (χ1) is 12.3. The molecule has 0 radical (unpaired) electrons. The van der Waals surface area contributed by atoms with Gasteiger partial charge in [0.25, 0.3) is 0 Å². The molecule has 0 N–H and O–H groups in total. The van der Waals surface area contributed by atoms with Crippen LogP contribution >= 0.6 is 57.4 Å². The van der Waals surface area contributed by atoms with Crippen LogP contribution in [0.15, 0.2) is 11.6 Å². The Bertz CT molecular complexity index is 552. The first-order valence-electron chi connectivity index (χ1n) is 8.60. The minimum atomic E-state index is 0.485. The van der Waals surface area contributed by atoms with Gasteiger partial charge in [-0.3, -0.25) is 0 Å². The molecule has 0 aliphatic heterocycles. The predicted molar refractivity (Wildman–Crippen MR) is 135 cm³/mol. The van der Waals surface area contributed by atoms with E-state index in [0.717, 1.165) is 32.7 Å². The molecule has 2 atom stereocenters. The van der Waals surface area contributed by atoms with E-state index in [1.54, 1.807) is 0 Å². The van der Waals surface area contributed by atoms with Crippen LogP contribution in [0.2, 0.25) is 0 Å². The fourth-order valence-electron chi connectivity index (χ4n) is 2.76. The molecule has 149 valence electrons. The number of halogens is 2. The Morgan fingerprint density at radius 3 is 2.04 bits per heavy atom. The maximum atomic E-state index is 5.95. The molecular formula is C19H32I2O2P2V. The average molecular weight is 659 g/mol. The van der Waals surface area contributed by atoms with E-state index >= 15 is 0 Å². The summed E-state index contributed by atoms with van der Waals surface area (Å²) in [5, 5.41) is 0. The van der Waals surface area contributed by atoms with E-state index < -0.39 is 0 Å². The fraction of sp³-hybridized carbons (Fsp3) is 0.579.